The first-order valence-electron chi connectivity index (χ1n) is 7.55. The number of fused-ring (bicyclic) bond motifs is 1. The number of ether oxygens (including phenoxy) is 1. The van der Waals surface area contributed by atoms with Crippen LogP contribution in [0.5, 0.6) is 0 Å². The summed E-state index contributed by atoms with van der Waals surface area (Å²) in [7, 11) is -2.44. The van der Waals surface area contributed by atoms with Gasteiger partial charge in [-0.15, -0.1) is 0 Å². The van der Waals surface area contributed by atoms with Crippen LogP contribution in [-0.2, 0) is 26.1 Å². The van der Waals surface area contributed by atoms with Crippen molar-refractivity contribution in [3.63, 3.8) is 0 Å². The Hall–Kier alpha value is -1.58. The highest BCUT2D eigenvalue weighted by Gasteiger charge is 2.20. The molecule has 1 aromatic heterocycles. The van der Waals surface area contributed by atoms with Crippen molar-refractivity contribution in [3.05, 3.63) is 18.2 Å². The van der Waals surface area contributed by atoms with Crippen LogP contribution >= 0.6 is 11.8 Å². The van der Waals surface area contributed by atoms with Crippen molar-refractivity contribution in [1.82, 2.24) is 9.55 Å². The number of hydrogen-bond acceptors (Lipinski definition) is 6. The van der Waals surface area contributed by atoms with Crippen molar-refractivity contribution >= 4 is 38.8 Å². The number of imidazole rings is 1. The summed E-state index contributed by atoms with van der Waals surface area (Å²) in [4.78, 5) is 16.2. The van der Waals surface area contributed by atoms with Crippen molar-refractivity contribution in [2.24, 2.45) is 5.14 Å². The van der Waals surface area contributed by atoms with E-state index in [1.54, 1.807) is 13.0 Å². The number of unbranched alkanes of at least 4 members (excludes halogenated alkanes) is 1. The van der Waals surface area contributed by atoms with Crippen LogP contribution in [0.3, 0.4) is 0 Å². The normalized spacial score (nSPS) is 13.2. The zero-order valence-corrected chi connectivity index (χ0v) is 15.5. The first-order valence-corrected chi connectivity index (χ1v) is 9.98. The average molecular weight is 371 g/mol. The van der Waals surface area contributed by atoms with Crippen molar-refractivity contribution in [1.29, 1.82) is 0 Å². The molecule has 24 heavy (non-hydrogen) atoms. The number of sulfonamides is 1. The number of hydrogen-bond donors (Lipinski definition) is 1. The summed E-state index contributed by atoms with van der Waals surface area (Å²) in [6, 6.07) is 4.63. The zero-order chi connectivity index (χ0) is 17.9. The Labute approximate surface area is 145 Å². The molecule has 0 unspecified atom stereocenters. The molecule has 0 radical (unpaired) electrons. The highest BCUT2D eigenvalue weighted by atomic mass is 32.2. The first-order chi connectivity index (χ1) is 11.3. The maximum atomic E-state index is 11.7. The van der Waals surface area contributed by atoms with Crippen LogP contribution in [0.2, 0.25) is 0 Å². The fourth-order valence-corrected chi connectivity index (χ4v) is 3.77. The third kappa shape index (κ3) is 4.08. The van der Waals surface area contributed by atoms with E-state index in [0.29, 0.717) is 10.7 Å². The fraction of sp³-hybridized carbons (Fsp3) is 0.467. The van der Waals surface area contributed by atoms with E-state index < -0.39 is 15.3 Å². The van der Waals surface area contributed by atoms with Crippen molar-refractivity contribution in [2.45, 2.75) is 48.5 Å². The van der Waals surface area contributed by atoms with E-state index in [1.165, 1.54) is 31.0 Å². The topological polar surface area (TPSA) is 104 Å². The second kappa shape index (κ2) is 7.54. The summed E-state index contributed by atoms with van der Waals surface area (Å²) in [5.41, 5.74) is 1.35. The van der Waals surface area contributed by atoms with E-state index in [-0.39, 0.29) is 10.9 Å². The molecule has 9 heteroatoms. The molecular formula is C15H21N3O4S2. The minimum absolute atomic E-state index is 0.0210. The van der Waals surface area contributed by atoms with Gasteiger partial charge in [0.25, 0.3) is 0 Å². The number of carbonyl (C=O) groups is 1. The second-order valence-electron chi connectivity index (χ2n) is 5.38. The maximum absolute atomic E-state index is 11.7. The Kier molecular flexibility index (Phi) is 5.89. The third-order valence-corrected chi connectivity index (χ3v) is 5.54. The van der Waals surface area contributed by atoms with Gasteiger partial charge >= 0.3 is 5.97 Å². The first kappa shape index (κ1) is 18.8. The molecule has 0 aliphatic rings. The van der Waals surface area contributed by atoms with E-state index in [9.17, 15) is 13.2 Å². The molecule has 0 saturated carbocycles. The Bertz CT molecular complexity index is 846. The van der Waals surface area contributed by atoms with Gasteiger partial charge < -0.3 is 9.30 Å². The van der Waals surface area contributed by atoms with Crippen LogP contribution in [0.1, 0.15) is 26.7 Å². The number of rotatable bonds is 7. The molecule has 1 heterocycles. The second-order valence-corrected chi connectivity index (χ2v) is 8.25. The van der Waals surface area contributed by atoms with Crippen LogP contribution in [0.25, 0.3) is 11.0 Å². The number of nitrogens with zero attached hydrogens (tertiary/aromatic N) is 2. The van der Waals surface area contributed by atoms with Gasteiger partial charge in [-0.25, -0.2) is 18.5 Å². The highest BCUT2D eigenvalue weighted by molar-refractivity contribution is 8.00. The van der Waals surface area contributed by atoms with Gasteiger partial charge in [-0.2, -0.15) is 0 Å². The van der Waals surface area contributed by atoms with Crippen LogP contribution in [0.15, 0.2) is 28.3 Å². The summed E-state index contributed by atoms with van der Waals surface area (Å²) in [6.07, 6.45) is 1.95. The number of nitrogens with two attached hydrogens (primary N) is 1. The Morgan fingerprint density at radius 2 is 2.17 bits per heavy atom. The summed E-state index contributed by atoms with van der Waals surface area (Å²) in [6.45, 7) is 4.57. The van der Waals surface area contributed by atoms with Gasteiger partial charge in [-0.3, -0.25) is 4.79 Å². The van der Waals surface area contributed by atoms with Crippen molar-refractivity contribution < 1.29 is 17.9 Å². The number of benzene rings is 1. The molecule has 0 saturated heterocycles. The number of primary sulfonamides is 1. The maximum Gasteiger partial charge on any atom is 0.318 e. The zero-order valence-electron chi connectivity index (χ0n) is 13.9. The lowest BCUT2D eigenvalue weighted by Gasteiger charge is -2.11. The Balaban J connectivity index is 2.49. The molecular weight excluding hydrogens is 350 g/mol. The number of aryl methyl sites for hydroxylation is 1. The minimum Gasteiger partial charge on any atom is -0.468 e. The SMILES string of the molecule is CCCCn1c(S[C@@H](C)C(=O)OC)nc2cc(S(N)(=O)=O)ccc21. The molecule has 1 aromatic carbocycles. The highest BCUT2D eigenvalue weighted by Crippen LogP contribution is 2.29. The van der Waals surface area contributed by atoms with Gasteiger partial charge in [0, 0.05) is 6.54 Å². The van der Waals surface area contributed by atoms with Gasteiger partial charge in [0.15, 0.2) is 5.16 Å². The van der Waals surface area contributed by atoms with Gasteiger partial charge in [0.2, 0.25) is 10.0 Å². The molecule has 0 amide bonds. The quantitative estimate of drug-likeness (QED) is 0.590. The average Bonchev–Trinajstić information content (AvgIpc) is 2.87. The summed E-state index contributed by atoms with van der Waals surface area (Å²) in [5.74, 6) is -0.334. The largest absolute Gasteiger partial charge is 0.468 e. The summed E-state index contributed by atoms with van der Waals surface area (Å²) < 4.78 is 29.8. The molecule has 0 bridgehead atoms. The molecule has 0 aliphatic heterocycles. The molecule has 2 aromatic rings. The van der Waals surface area contributed by atoms with E-state index in [4.69, 9.17) is 9.88 Å². The summed E-state index contributed by atoms with van der Waals surface area (Å²) >= 11 is 1.29. The molecule has 7 nitrogen and oxygen atoms in total. The number of aromatic nitrogens is 2. The Morgan fingerprint density at radius 1 is 1.46 bits per heavy atom. The number of thioether (sulfide) groups is 1. The third-order valence-electron chi connectivity index (χ3n) is 3.56. The molecule has 1 atom stereocenters. The molecule has 0 spiro atoms. The smallest absolute Gasteiger partial charge is 0.318 e. The number of carbonyl (C=O) groups excluding carboxylic acids is 1. The monoisotopic (exact) mass is 371 g/mol. The van der Waals surface area contributed by atoms with Crippen LogP contribution in [0, 0.1) is 0 Å². The van der Waals surface area contributed by atoms with Gasteiger partial charge in [-0.1, -0.05) is 25.1 Å². The van der Waals surface area contributed by atoms with Crippen LogP contribution in [-0.4, -0.2) is 36.3 Å². The predicted octanol–water partition coefficient (Wildman–Crippen LogP) is 2.14. The van der Waals surface area contributed by atoms with Crippen LogP contribution in [0.4, 0.5) is 0 Å². The van der Waals surface area contributed by atoms with E-state index in [1.807, 2.05) is 4.57 Å². The van der Waals surface area contributed by atoms with Gasteiger partial charge in [0.05, 0.1) is 23.0 Å². The van der Waals surface area contributed by atoms with Gasteiger partial charge in [0.1, 0.15) is 5.25 Å². The molecule has 132 valence electrons. The summed E-state index contributed by atoms with van der Waals surface area (Å²) in [5, 5.41) is 5.43. The lowest BCUT2D eigenvalue weighted by atomic mass is 10.3. The standard InChI is InChI=1S/C15H21N3O4S2/c1-4-5-8-18-13-7-6-11(24(16,20)21)9-12(13)17-15(18)23-10(2)14(19)22-3/h6-7,9-10H,4-5,8H2,1-3H3,(H2,16,20,21)/t10-/m0/s1. The number of esters is 1. The van der Waals surface area contributed by atoms with E-state index >= 15 is 0 Å². The Morgan fingerprint density at radius 3 is 2.75 bits per heavy atom. The van der Waals surface area contributed by atoms with Crippen molar-refractivity contribution in [3.8, 4) is 0 Å². The molecule has 0 aliphatic carbocycles. The minimum atomic E-state index is -3.79. The lowest BCUT2D eigenvalue weighted by molar-refractivity contribution is -0.139. The van der Waals surface area contributed by atoms with E-state index in [2.05, 4.69) is 11.9 Å². The fourth-order valence-electron chi connectivity index (χ4n) is 2.26. The molecule has 0 fully saturated rings. The molecule has 2 rings (SSSR count). The number of methoxy groups -OCH3 is 1. The van der Waals surface area contributed by atoms with Crippen molar-refractivity contribution in [2.75, 3.05) is 7.11 Å². The predicted molar refractivity (Wildman–Crippen MR) is 93.3 cm³/mol. The lowest BCUT2D eigenvalue weighted by Crippen LogP contribution is -2.15. The van der Waals surface area contributed by atoms with Gasteiger partial charge in [-0.05, 0) is 31.5 Å². The van der Waals surface area contributed by atoms with Crippen LogP contribution < -0.4 is 5.14 Å². The molecule has 2 N–H and O–H groups in total. The van der Waals surface area contributed by atoms with E-state index in [0.717, 1.165) is 24.9 Å².